The monoisotopic (exact) mass is 809 g/mol. The number of ether oxygens (including phenoxy) is 2. The van der Waals surface area contributed by atoms with E-state index in [1.165, 1.54) is 14.2 Å². The number of carbonyl (C=O) groups excluding carboxylic acids is 2. The molecule has 0 amide bonds. The van der Waals surface area contributed by atoms with E-state index in [0.717, 1.165) is 64.4 Å². The number of carbonyl (C=O) groups is 2. The summed E-state index contributed by atoms with van der Waals surface area (Å²) in [6.45, 7) is 7.96. The minimum Gasteiger partial charge on any atom is -0.469 e. The molecule has 1 radical (unpaired) electrons. The van der Waals surface area contributed by atoms with Gasteiger partial charge in [-0.15, -0.1) is 43.1 Å². The lowest BCUT2D eigenvalue weighted by Crippen LogP contribution is -2.27. The second-order valence-electron chi connectivity index (χ2n) is 13.1. The van der Waals surface area contributed by atoms with Crippen molar-refractivity contribution >= 4 is 86.1 Å². The lowest BCUT2D eigenvalue weighted by molar-refractivity contribution is -0.142. The Hall–Kier alpha value is -4.96. The van der Waals surface area contributed by atoms with Crippen LogP contribution >= 0.6 is 45.9 Å². The Bertz CT molecular complexity index is 2400. The van der Waals surface area contributed by atoms with Gasteiger partial charge in [0.15, 0.2) is 11.6 Å². The molecule has 6 heterocycles. The van der Waals surface area contributed by atoms with Gasteiger partial charge in [0.2, 0.25) is 7.28 Å². The molecule has 0 spiro atoms. The smallest absolute Gasteiger partial charge is 0.308 e. The highest BCUT2D eigenvalue weighted by Gasteiger charge is 2.36. The minimum absolute atomic E-state index is 0.00113. The first-order chi connectivity index (χ1) is 26.5. The van der Waals surface area contributed by atoms with Crippen molar-refractivity contribution in [2.75, 3.05) is 14.2 Å². The van der Waals surface area contributed by atoms with Crippen LogP contribution in [-0.2, 0) is 19.1 Å². The summed E-state index contributed by atoms with van der Waals surface area (Å²) < 4.78 is 16.1. The van der Waals surface area contributed by atoms with Gasteiger partial charge < -0.3 is 9.47 Å². The van der Waals surface area contributed by atoms with Crippen LogP contribution in [0.25, 0.3) is 10.0 Å². The molecule has 2 aliphatic heterocycles. The molecule has 6 aromatic rings. The summed E-state index contributed by atoms with van der Waals surface area (Å²) in [5, 5.41) is 20.9. The number of esters is 2. The fourth-order valence-corrected chi connectivity index (χ4v) is 9.90. The van der Waals surface area contributed by atoms with E-state index in [0.29, 0.717) is 33.3 Å². The third-order valence-corrected chi connectivity index (χ3v) is 12.7. The number of thiophene rings is 2. The molecule has 0 bridgehead atoms. The highest BCUT2D eigenvalue weighted by atomic mass is 35.5. The van der Waals surface area contributed by atoms with E-state index in [2.05, 4.69) is 41.5 Å². The molecule has 0 fully saturated rings. The van der Waals surface area contributed by atoms with Crippen LogP contribution in [-0.4, -0.2) is 74.4 Å². The van der Waals surface area contributed by atoms with Gasteiger partial charge in [-0.05, 0) is 72.6 Å². The second kappa shape index (κ2) is 14.6. The van der Waals surface area contributed by atoms with Gasteiger partial charge in [-0.25, -0.2) is 0 Å². The first kappa shape index (κ1) is 37.0. The first-order valence-corrected chi connectivity index (χ1v) is 19.6. The number of aromatic nitrogens is 6. The van der Waals surface area contributed by atoms with Crippen molar-refractivity contribution in [3.63, 3.8) is 0 Å². The van der Waals surface area contributed by atoms with Gasteiger partial charge in [-0.2, -0.15) is 0 Å². The number of aryl methyl sites for hydroxylation is 2. The van der Waals surface area contributed by atoms with Crippen LogP contribution in [0.2, 0.25) is 10.0 Å². The second-order valence-corrected chi connectivity index (χ2v) is 16.1. The molecule has 0 unspecified atom stereocenters. The summed E-state index contributed by atoms with van der Waals surface area (Å²) in [6.07, 6.45) is 0.00227. The number of aliphatic imine (C=N–C) groups is 2. The Balaban J connectivity index is 1.30. The Morgan fingerprint density at radius 3 is 1.40 bits per heavy atom. The highest BCUT2D eigenvalue weighted by molar-refractivity contribution is 7.31. The number of halogens is 2. The van der Waals surface area contributed by atoms with Gasteiger partial charge in [-0.1, -0.05) is 47.5 Å². The number of benzene rings is 2. The molecular formula is C38H32BCl2N8O4S2. The summed E-state index contributed by atoms with van der Waals surface area (Å²) in [7, 11) is 4.92. The molecule has 2 aromatic carbocycles. The fraction of sp³-hybridized carbons (Fsp3) is 0.263. The number of fused-ring (bicyclic) bond motifs is 6. The van der Waals surface area contributed by atoms with Gasteiger partial charge >= 0.3 is 11.9 Å². The zero-order valence-electron chi connectivity index (χ0n) is 30.5. The van der Waals surface area contributed by atoms with Crippen molar-refractivity contribution in [1.82, 2.24) is 29.5 Å². The van der Waals surface area contributed by atoms with Crippen LogP contribution in [0.4, 0.5) is 0 Å². The van der Waals surface area contributed by atoms with Gasteiger partial charge in [0.05, 0.1) is 38.5 Å². The zero-order chi connectivity index (χ0) is 38.7. The predicted molar refractivity (Wildman–Crippen MR) is 215 cm³/mol. The Morgan fingerprint density at radius 2 is 1.04 bits per heavy atom. The van der Waals surface area contributed by atoms with E-state index >= 15 is 0 Å². The molecule has 0 aliphatic carbocycles. The van der Waals surface area contributed by atoms with Crippen molar-refractivity contribution in [3.8, 4) is 10.0 Å². The maximum Gasteiger partial charge on any atom is 0.308 e. The topological polar surface area (TPSA) is 139 Å². The largest absolute Gasteiger partial charge is 0.469 e. The number of nitrogens with zero attached hydrogens (tertiary/aromatic N) is 8. The molecule has 12 nitrogen and oxygen atoms in total. The van der Waals surface area contributed by atoms with Crippen molar-refractivity contribution in [3.05, 3.63) is 115 Å². The maximum atomic E-state index is 12.6. The molecule has 17 heteroatoms. The first-order valence-electron chi connectivity index (χ1n) is 17.2. The van der Waals surface area contributed by atoms with E-state index in [9.17, 15) is 9.59 Å². The Morgan fingerprint density at radius 1 is 0.655 bits per heavy atom. The number of hydrogen-bond donors (Lipinski definition) is 0. The standard InChI is InChI=1S/C38H32BCl2N8O4S2/c1-17-29-31(21-7-11-23(40)12-8-21)42-25(15-27(50)52-5)35-46-44-19(3)48(35)37(29)54-33(17)39-34-18(2)30-32(22-9-13-24(41)14-10-22)43-26(16-28(51)53-6)36-47-45-20(4)49(36)38(30)55-34/h7-14,25-26H,15-16H2,1-6H3/t25-,26-/m0/s1. The molecule has 4 aromatic heterocycles. The van der Waals surface area contributed by atoms with Gasteiger partial charge in [0.25, 0.3) is 0 Å². The van der Waals surface area contributed by atoms with Crippen molar-refractivity contribution in [2.45, 2.75) is 52.6 Å². The summed E-state index contributed by atoms with van der Waals surface area (Å²) in [4.78, 5) is 35.7. The van der Waals surface area contributed by atoms with Crippen LogP contribution in [0.3, 0.4) is 0 Å². The minimum atomic E-state index is -0.629. The van der Waals surface area contributed by atoms with E-state index < -0.39 is 24.0 Å². The zero-order valence-corrected chi connectivity index (χ0v) is 33.7. The normalized spacial score (nSPS) is 15.8. The molecule has 2 atom stereocenters. The van der Waals surface area contributed by atoms with E-state index in [1.807, 2.05) is 71.5 Å². The lowest BCUT2D eigenvalue weighted by atomic mass is 9.70. The molecule has 277 valence electrons. The van der Waals surface area contributed by atoms with Crippen molar-refractivity contribution in [2.24, 2.45) is 9.98 Å². The predicted octanol–water partition coefficient (Wildman–Crippen LogP) is 6.08. The molecule has 0 saturated carbocycles. The third-order valence-electron chi connectivity index (χ3n) is 9.75. The molecule has 8 rings (SSSR count). The van der Waals surface area contributed by atoms with Crippen LogP contribution in [0.15, 0.2) is 58.5 Å². The fourth-order valence-electron chi connectivity index (χ4n) is 6.95. The summed E-state index contributed by atoms with van der Waals surface area (Å²) in [6, 6.07) is 13.8. The van der Waals surface area contributed by atoms with Gasteiger partial charge in [0.1, 0.15) is 33.7 Å². The summed E-state index contributed by atoms with van der Waals surface area (Å²) in [5.41, 5.74) is 6.97. The Kier molecular flexibility index (Phi) is 9.82. The lowest BCUT2D eigenvalue weighted by Gasteiger charge is -2.12. The molecule has 0 saturated heterocycles. The summed E-state index contributed by atoms with van der Waals surface area (Å²) >= 11 is 15.9. The van der Waals surface area contributed by atoms with Gasteiger partial charge in [-0.3, -0.25) is 28.7 Å². The molecule has 2 aliphatic rings. The van der Waals surface area contributed by atoms with Crippen LogP contribution in [0, 0.1) is 27.7 Å². The molecule has 55 heavy (non-hydrogen) atoms. The van der Waals surface area contributed by atoms with Crippen LogP contribution in [0.1, 0.15) is 81.6 Å². The van der Waals surface area contributed by atoms with Crippen LogP contribution in [0.5, 0.6) is 0 Å². The number of hydrogen-bond acceptors (Lipinski definition) is 12. The quantitative estimate of drug-likeness (QED) is 0.133. The Labute approximate surface area is 335 Å². The average molecular weight is 811 g/mol. The highest BCUT2D eigenvalue weighted by Crippen LogP contribution is 2.39. The summed E-state index contributed by atoms with van der Waals surface area (Å²) in [5.74, 6) is 1.66. The third kappa shape index (κ3) is 6.52. The van der Waals surface area contributed by atoms with E-state index in [4.69, 9.17) is 42.7 Å². The van der Waals surface area contributed by atoms with E-state index in [1.54, 1.807) is 22.7 Å². The number of methoxy groups -OCH3 is 2. The van der Waals surface area contributed by atoms with Crippen LogP contribution < -0.4 is 9.55 Å². The number of rotatable bonds is 8. The van der Waals surface area contributed by atoms with Gasteiger partial charge in [0, 0.05) is 32.3 Å². The molecular weight excluding hydrogens is 778 g/mol. The van der Waals surface area contributed by atoms with Crippen molar-refractivity contribution < 1.29 is 19.1 Å². The maximum absolute atomic E-state index is 12.6. The SMILES string of the molecule is COC(=O)C[C@@H]1N=C(c2ccc(Cl)cc2)c2c(sc([B]c3sc4c(c3C)C(c3ccc(Cl)cc3)=N[C@@H](CC(=O)OC)c3nnc(C)n3-4)c2C)-n2c(C)nnc21. The van der Waals surface area contributed by atoms with E-state index in [-0.39, 0.29) is 12.8 Å². The van der Waals surface area contributed by atoms with Crippen molar-refractivity contribution in [1.29, 1.82) is 0 Å². The average Bonchev–Trinajstić information content (AvgIpc) is 3.88. The molecule has 0 N–H and O–H groups in total.